The van der Waals surface area contributed by atoms with Crippen molar-refractivity contribution in [3.05, 3.63) is 81.9 Å². The van der Waals surface area contributed by atoms with Gasteiger partial charge in [0.05, 0.1) is 11.5 Å². The summed E-state index contributed by atoms with van der Waals surface area (Å²) in [6.07, 6.45) is -7.35. The van der Waals surface area contributed by atoms with E-state index in [1.807, 2.05) is 0 Å². The molecule has 4 heterocycles. The van der Waals surface area contributed by atoms with Crippen LogP contribution in [-0.2, 0) is 11.2 Å². The SMILES string of the molecule is O=C1O[C@@H]2Cc3c(O)cc(O)c(c3O[C@@H]2c2cc(O)c(O)c(O)c2)C2c3c(O)cc(O)cc3O[C@H](c3cc(O)c(O)c(O)c3Oc3cc1cc(O)c3O)[C@@H]2O. The highest BCUT2D eigenvalue weighted by molar-refractivity contribution is 5.91. The van der Waals surface area contributed by atoms with E-state index in [9.17, 15) is 71.2 Å². The van der Waals surface area contributed by atoms with E-state index in [0.29, 0.717) is 0 Å². The third-order valence-electron chi connectivity index (χ3n) is 9.72. The molecule has 55 heavy (non-hydrogen) atoms. The van der Waals surface area contributed by atoms with Crippen LogP contribution in [0.1, 0.15) is 56.3 Å². The number of aliphatic hydroxyl groups excluding tert-OH is 1. The Kier molecular flexibility index (Phi) is 7.57. The molecule has 0 radical (unpaired) electrons. The van der Waals surface area contributed by atoms with E-state index in [1.54, 1.807) is 0 Å². The summed E-state index contributed by atoms with van der Waals surface area (Å²) in [6, 6.07) is 7.19. The summed E-state index contributed by atoms with van der Waals surface area (Å²) in [7, 11) is 0. The normalized spacial score (nSPS) is 21.0. The fraction of sp³-hybridized carbons (Fsp3) is 0.162. The van der Waals surface area contributed by atoms with Crippen molar-refractivity contribution < 1.29 is 90.1 Å². The monoisotopic (exact) mass is 760 g/mol. The number of hydrogen-bond donors (Lipinski definition) is 13. The molecule has 5 aromatic carbocycles. The molecular weight excluding hydrogens is 732 g/mol. The number of rotatable bonds is 1. The first-order valence-electron chi connectivity index (χ1n) is 16.2. The molecule has 18 nitrogen and oxygen atoms in total. The lowest BCUT2D eigenvalue weighted by Gasteiger charge is -2.41. The first-order valence-corrected chi connectivity index (χ1v) is 16.2. The van der Waals surface area contributed by atoms with Crippen LogP contribution in [0.5, 0.6) is 92.0 Å². The Morgan fingerprint density at radius 2 is 1.18 bits per heavy atom. The zero-order chi connectivity index (χ0) is 39.4. The Balaban J connectivity index is 1.47. The molecule has 0 spiro atoms. The summed E-state index contributed by atoms with van der Waals surface area (Å²) in [5.41, 5.74) is -1.82. The lowest BCUT2D eigenvalue weighted by atomic mass is 9.77. The molecule has 4 aliphatic rings. The molecule has 8 bridgehead atoms. The predicted molar refractivity (Wildman–Crippen MR) is 180 cm³/mol. The van der Waals surface area contributed by atoms with Gasteiger partial charge in [0.1, 0.15) is 46.7 Å². The molecule has 0 aliphatic carbocycles. The number of ether oxygens (including phenoxy) is 4. The minimum atomic E-state index is -2.02. The largest absolute Gasteiger partial charge is 0.508 e. The second kappa shape index (κ2) is 12.0. The van der Waals surface area contributed by atoms with E-state index < -0.39 is 134 Å². The molecule has 0 saturated heterocycles. The van der Waals surface area contributed by atoms with Gasteiger partial charge in [-0.1, -0.05) is 0 Å². The Labute approximate surface area is 306 Å². The summed E-state index contributed by atoms with van der Waals surface area (Å²) in [4.78, 5) is 13.8. The number of benzene rings is 5. The van der Waals surface area contributed by atoms with Crippen LogP contribution in [0.3, 0.4) is 0 Å². The van der Waals surface area contributed by atoms with Gasteiger partial charge in [0.25, 0.3) is 0 Å². The average Bonchev–Trinajstić information content (AvgIpc) is 3.12. The van der Waals surface area contributed by atoms with Crippen LogP contribution in [0, 0.1) is 0 Å². The van der Waals surface area contributed by atoms with Gasteiger partial charge in [0.15, 0.2) is 52.5 Å². The van der Waals surface area contributed by atoms with Gasteiger partial charge in [-0.2, -0.15) is 0 Å². The van der Waals surface area contributed by atoms with Crippen LogP contribution in [-0.4, -0.2) is 84.6 Å². The fourth-order valence-electron chi connectivity index (χ4n) is 7.20. The molecule has 1 unspecified atom stereocenters. The molecule has 5 atom stereocenters. The molecule has 4 aliphatic heterocycles. The van der Waals surface area contributed by atoms with Crippen molar-refractivity contribution in [3.63, 3.8) is 0 Å². The molecule has 13 N–H and O–H groups in total. The van der Waals surface area contributed by atoms with Crippen LogP contribution in [0.15, 0.2) is 48.5 Å². The average molecular weight is 761 g/mol. The smallest absolute Gasteiger partial charge is 0.338 e. The Bertz CT molecular complexity index is 2450. The van der Waals surface area contributed by atoms with Crippen molar-refractivity contribution in [1.82, 2.24) is 0 Å². The van der Waals surface area contributed by atoms with Gasteiger partial charge in [-0.25, -0.2) is 4.79 Å². The molecule has 0 amide bonds. The molecule has 284 valence electrons. The molecule has 18 heteroatoms. The van der Waals surface area contributed by atoms with Crippen molar-refractivity contribution in [1.29, 1.82) is 0 Å². The summed E-state index contributed by atoms with van der Waals surface area (Å²) in [6.45, 7) is 0. The van der Waals surface area contributed by atoms with Gasteiger partial charge in [0.2, 0.25) is 17.2 Å². The zero-order valence-corrected chi connectivity index (χ0v) is 27.6. The number of hydrogen-bond acceptors (Lipinski definition) is 18. The summed E-state index contributed by atoms with van der Waals surface area (Å²) >= 11 is 0. The van der Waals surface area contributed by atoms with Gasteiger partial charge in [-0.15, -0.1) is 0 Å². The molecule has 5 aromatic rings. The number of fused-ring (bicyclic) bond motifs is 3. The van der Waals surface area contributed by atoms with Gasteiger partial charge >= 0.3 is 5.97 Å². The maximum atomic E-state index is 13.8. The first-order chi connectivity index (χ1) is 26.0. The standard InChI is InChI=1S/C37H28O18/c38-12-5-16(40)25-22(6-12)52-35-14-7-21(45)30(48)32(50)36(14)53-23-4-11(3-20(44)29(23)47)37(51)54-24-8-13-15(39)9-17(41)26(27(25)31(35)49)34(13)55-33(24)10-1-18(42)28(46)19(43)2-10/h1-7,9,24,27,31,33,35,38-50H,8H2/t24-,27?,31-,33-,35-/m1/s1. The first kappa shape index (κ1) is 34.6. The van der Waals surface area contributed by atoms with Crippen molar-refractivity contribution >= 4 is 5.97 Å². The topological polar surface area (TPSA) is 317 Å². The highest BCUT2D eigenvalue weighted by atomic mass is 16.6. The maximum Gasteiger partial charge on any atom is 0.338 e. The van der Waals surface area contributed by atoms with E-state index in [0.717, 1.165) is 48.5 Å². The highest BCUT2D eigenvalue weighted by Crippen LogP contribution is 2.60. The van der Waals surface area contributed by atoms with Crippen LogP contribution in [0.2, 0.25) is 0 Å². The van der Waals surface area contributed by atoms with Crippen molar-refractivity contribution in [3.8, 4) is 92.0 Å². The summed E-state index contributed by atoms with van der Waals surface area (Å²) in [5, 5.41) is 141. The molecule has 0 fully saturated rings. The highest BCUT2D eigenvalue weighted by Gasteiger charge is 2.48. The number of aliphatic hydroxyl groups is 1. The second-order valence-corrected chi connectivity index (χ2v) is 13.1. The predicted octanol–water partition coefficient (Wildman–Crippen LogP) is 3.79. The number of esters is 1. The van der Waals surface area contributed by atoms with Crippen LogP contribution in [0.25, 0.3) is 0 Å². The molecule has 0 aromatic heterocycles. The van der Waals surface area contributed by atoms with Gasteiger partial charge in [0, 0.05) is 52.4 Å². The van der Waals surface area contributed by atoms with E-state index in [2.05, 4.69) is 0 Å². The van der Waals surface area contributed by atoms with Gasteiger partial charge in [-0.05, 0) is 30.3 Å². The van der Waals surface area contributed by atoms with Crippen LogP contribution < -0.4 is 14.2 Å². The minimum absolute atomic E-state index is 0.123. The maximum absolute atomic E-state index is 13.8. The fourth-order valence-corrected chi connectivity index (χ4v) is 7.20. The van der Waals surface area contributed by atoms with Crippen LogP contribution in [0.4, 0.5) is 0 Å². The number of carbonyl (C=O) groups excluding carboxylic acids is 1. The van der Waals surface area contributed by atoms with Crippen molar-refractivity contribution in [2.75, 3.05) is 0 Å². The lowest BCUT2D eigenvalue weighted by molar-refractivity contribution is -0.0212. The number of carbonyl (C=O) groups is 1. The zero-order valence-electron chi connectivity index (χ0n) is 27.6. The number of aromatic hydroxyl groups is 12. The van der Waals surface area contributed by atoms with E-state index in [1.165, 1.54) is 0 Å². The Hall–Kier alpha value is -7.47. The van der Waals surface area contributed by atoms with Gasteiger partial charge < -0.3 is 85.3 Å². The van der Waals surface area contributed by atoms with Crippen molar-refractivity contribution in [2.45, 2.75) is 36.8 Å². The number of phenols is 12. The quantitative estimate of drug-likeness (QED) is 0.0853. The molecule has 0 saturated carbocycles. The second-order valence-electron chi connectivity index (χ2n) is 13.1. The minimum Gasteiger partial charge on any atom is -0.508 e. The molecule has 9 rings (SSSR count). The third-order valence-corrected chi connectivity index (χ3v) is 9.72. The van der Waals surface area contributed by atoms with E-state index in [-0.39, 0.29) is 33.8 Å². The van der Waals surface area contributed by atoms with Gasteiger partial charge in [-0.3, -0.25) is 0 Å². The van der Waals surface area contributed by atoms with Crippen molar-refractivity contribution in [2.24, 2.45) is 0 Å². The number of phenolic OH excluding ortho intramolecular Hbond substituents is 12. The van der Waals surface area contributed by atoms with Crippen LogP contribution >= 0.6 is 0 Å². The summed E-state index contributed by atoms with van der Waals surface area (Å²) < 4.78 is 23.9. The van der Waals surface area contributed by atoms with E-state index in [4.69, 9.17) is 18.9 Å². The lowest BCUT2D eigenvalue weighted by Crippen LogP contribution is -2.38. The third kappa shape index (κ3) is 5.25. The van der Waals surface area contributed by atoms with E-state index >= 15 is 0 Å². The Morgan fingerprint density at radius 1 is 0.527 bits per heavy atom. The molecular formula is C37H28O18. The Morgan fingerprint density at radius 3 is 1.89 bits per heavy atom. The summed E-state index contributed by atoms with van der Waals surface area (Å²) in [5.74, 6) is -15.5.